The third-order valence-corrected chi connectivity index (χ3v) is 4.34. The Morgan fingerprint density at radius 2 is 2.25 bits per heavy atom. The van der Waals surface area contributed by atoms with Gasteiger partial charge in [-0.15, -0.1) is 0 Å². The van der Waals surface area contributed by atoms with Crippen LogP contribution in [0.15, 0.2) is 40.2 Å². The quantitative estimate of drug-likeness (QED) is 0.861. The van der Waals surface area contributed by atoms with Crippen LogP contribution in [0.4, 0.5) is 5.69 Å². The fraction of sp³-hybridized carbons (Fsp3) is 0.167. The highest BCUT2D eigenvalue weighted by atomic mass is 32.2. The smallest absolute Gasteiger partial charge is 0.240 e. The topological polar surface area (TPSA) is 101 Å². The van der Waals surface area contributed by atoms with E-state index in [4.69, 9.17) is 4.42 Å². The van der Waals surface area contributed by atoms with Gasteiger partial charge in [-0.2, -0.15) is 0 Å². The molecule has 1 amide bonds. The molecule has 1 aromatic heterocycles. The molecule has 0 bridgehead atoms. The maximum absolute atomic E-state index is 12.1. The lowest BCUT2D eigenvalue weighted by Crippen LogP contribution is -2.23. The van der Waals surface area contributed by atoms with Gasteiger partial charge in [-0.3, -0.25) is 4.79 Å². The molecule has 20 heavy (non-hydrogen) atoms. The molecule has 0 fully saturated rings. The molecule has 2 N–H and O–H groups in total. The second kappa shape index (κ2) is 4.73. The Morgan fingerprint density at radius 1 is 1.40 bits per heavy atom. The van der Waals surface area contributed by atoms with E-state index >= 15 is 0 Å². The summed E-state index contributed by atoms with van der Waals surface area (Å²) in [6, 6.07) is 4.54. The van der Waals surface area contributed by atoms with Gasteiger partial charge in [0.2, 0.25) is 15.9 Å². The van der Waals surface area contributed by atoms with E-state index in [1.54, 1.807) is 6.07 Å². The zero-order valence-corrected chi connectivity index (χ0v) is 11.1. The number of nitrogens with one attached hydrogen (secondary N) is 2. The Morgan fingerprint density at radius 3 is 3.00 bits per heavy atom. The van der Waals surface area contributed by atoms with Gasteiger partial charge >= 0.3 is 0 Å². The summed E-state index contributed by atoms with van der Waals surface area (Å²) >= 11 is 0. The first-order chi connectivity index (χ1) is 9.54. The van der Waals surface area contributed by atoms with Crippen molar-refractivity contribution in [3.8, 4) is 0 Å². The molecular weight excluding hydrogens is 282 g/mol. The van der Waals surface area contributed by atoms with Crippen LogP contribution in [0.25, 0.3) is 0 Å². The predicted molar refractivity (Wildman–Crippen MR) is 69.3 cm³/mol. The minimum absolute atomic E-state index is 0.0487. The minimum Gasteiger partial charge on any atom is -0.451 e. The first-order valence-electron chi connectivity index (χ1n) is 5.84. The summed E-state index contributed by atoms with van der Waals surface area (Å²) in [5, 5.41) is 2.65. The number of benzene rings is 1. The van der Waals surface area contributed by atoms with Gasteiger partial charge in [0, 0.05) is 5.69 Å². The third kappa shape index (κ3) is 2.43. The summed E-state index contributed by atoms with van der Waals surface area (Å²) in [6.07, 6.45) is 2.80. The van der Waals surface area contributed by atoms with Gasteiger partial charge in [-0.1, -0.05) is 0 Å². The Labute approximate surface area is 115 Å². The average molecular weight is 293 g/mol. The molecule has 0 aliphatic carbocycles. The normalized spacial score (nSPS) is 14.1. The van der Waals surface area contributed by atoms with Crippen molar-refractivity contribution in [1.82, 2.24) is 9.71 Å². The van der Waals surface area contributed by atoms with E-state index in [-0.39, 0.29) is 23.8 Å². The van der Waals surface area contributed by atoms with E-state index < -0.39 is 10.0 Å². The Balaban J connectivity index is 1.81. The van der Waals surface area contributed by atoms with Crippen LogP contribution in [-0.4, -0.2) is 19.3 Å². The first-order valence-corrected chi connectivity index (χ1v) is 7.32. The summed E-state index contributed by atoms with van der Waals surface area (Å²) in [5.74, 6) is -0.134. The fourth-order valence-electron chi connectivity index (χ4n) is 1.95. The first kappa shape index (κ1) is 12.8. The number of hydrogen-bond acceptors (Lipinski definition) is 5. The van der Waals surface area contributed by atoms with Crippen molar-refractivity contribution >= 4 is 21.6 Å². The van der Waals surface area contributed by atoms with Crippen LogP contribution < -0.4 is 10.0 Å². The number of nitrogens with zero attached hydrogens (tertiary/aromatic N) is 1. The van der Waals surface area contributed by atoms with E-state index in [0.29, 0.717) is 16.9 Å². The van der Waals surface area contributed by atoms with Gasteiger partial charge in [-0.25, -0.2) is 18.1 Å². The molecule has 2 heterocycles. The molecule has 1 aliphatic heterocycles. The number of hydrogen-bond donors (Lipinski definition) is 2. The lowest BCUT2D eigenvalue weighted by atomic mass is 10.2. The highest BCUT2D eigenvalue weighted by Crippen LogP contribution is 2.25. The molecule has 2 aromatic rings. The molecule has 3 rings (SSSR count). The molecule has 1 aromatic carbocycles. The van der Waals surface area contributed by atoms with Crippen LogP contribution in [0.5, 0.6) is 0 Å². The SMILES string of the molecule is O=C1Cc2cc(S(=O)(=O)NCc3cocn3)ccc2N1. The second-order valence-corrected chi connectivity index (χ2v) is 6.12. The highest BCUT2D eigenvalue weighted by molar-refractivity contribution is 7.89. The molecule has 8 heteroatoms. The molecule has 104 valence electrons. The molecule has 0 radical (unpaired) electrons. The van der Waals surface area contributed by atoms with E-state index in [1.165, 1.54) is 24.8 Å². The van der Waals surface area contributed by atoms with Gasteiger partial charge in [0.15, 0.2) is 6.39 Å². The van der Waals surface area contributed by atoms with Crippen LogP contribution in [0.2, 0.25) is 0 Å². The van der Waals surface area contributed by atoms with Gasteiger partial charge in [0.25, 0.3) is 0 Å². The number of fused-ring (bicyclic) bond motifs is 1. The maximum atomic E-state index is 12.1. The van der Waals surface area contributed by atoms with Crippen LogP contribution in [0.3, 0.4) is 0 Å². The average Bonchev–Trinajstić information content (AvgIpc) is 3.03. The number of amides is 1. The number of carbonyl (C=O) groups excluding carboxylic acids is 1. The highest BCUT2D eigenvalue weighted by Gasteiger charge is 2.21. The van der Waals surface area contributed by atoms with Crippen molar-refractivity contribution in [1.29, 1.82) is 0 Å². The van der Waals surface area contributed by atoms with Gasteiger partial charge in [0.05, 0.1) is 23.6 Å². The second-order valence-electron chi connectivity index (χ2n) is 4.35. The number of rotatable bonds is 4. The van der Waals surface area contributed by atoms with Crippen molar-refractivity contribution in [2.45, 2.75) is 17.9 Å². The van der Waals surface area contributed by atoms with Crippen LogP contribution in [0, 0.1) is 0 Å². The standard InChI is InChI=1S/C12H11N3O4S/c16-12-4-8-3-10(1-2-11(8)15-12)20(17,18)14-5-9-6-19-7-13-9/h1-3,6-7,14H,4-5H2,(H,15,16). The zero-order chi connectivity index (χ0) is 14.2. The van der Waals surface area contributed by atoms with Gasteiger partial charge in [0.1, 0.15) is 6.26 Å². The van der Waals surface area contributed by atoms with Crippen molar-refractivity contribution in [2.24, 2.45) is 0 Å². The molecule has 0 spiro atoms. The molecule has 0 atom stereocenters. The molecular formula is C12H11N3O4S. The van der Waals surface area contributed by atoms with Gasteiger partial charge < -0.3 is 9.73 Å². The molecule has 1 aliphatic rings. The van der Waals surface area contributed by atoms with Crippen LogP contribution in [0.1, 0.15) is 11.3 Å². The van der Waals surface area contributed by atoms with Crippen LogP contribution in [-0.2, 0) is 27.8 Å². The van der Waals surface area contributed by atoms with Crippen molar-refractivity contribution in [3.05, 3.63) is 42.1 Å². The van der Waals surface area contributed by atoms with E-state index in [0.717, 1.165) is 0 Å². The minimum atomic E-state index is -3.65. The number of aromatic nitrogens is 1. The summed E-state index contributed by atoms with van der Waals surface area (Å²) < 4.78 is 31.5. The van der Waals surface area contributed by atoms with Crippen molar-refractivity contribution in [2.75, 3.05) is 5.32 Å². The summed E-state index contributed by atoms with van der Waals surface area (Å²) in [6.45, 7) is 0.0487. The Bertz CT molecular complexity index is 753. The molecule has 0 unspecified atom stereocenters. The summed E-state index contributed by atoms with van der Waals surface area (Å²) in [7, 11) is -3.65. The van der Waals surface area contributed by atoms with Crippen LogP contribution >= 0.6 is 0 Å². The Hall–Kier alpha value is -2.19. The Kier molecular flexibility index (Phi) is 3.03. The monoisotopic (exact) mass is 293 g/mol. The molecule has 7 nitrogen and oxygen atoms in total. The fourth-order valence-corrected chi connectivity index (χ4v) is 3.00. The number of sulfonamides is 1. The molecule has 0 saturated heterocycles. The van der Waals surface area contributed by atoms with E-state index in [2.05, 4.69) is 15.0 Å². The maximum Gasteiger partial charge on any atom is 0.240 e. The van der Waals surface area contributed by atoms with Crippen molar-refractivity contribution in [3.63, 3.8) is 0 Å². The third-order valence-electron chi connectivity index (χ3n) is 2.94. The number of carbonyl (C=O) groups is 1. The summed E-state index contributed by atoms with van der Waals surface area (Å²) in [5.41, 5.74) is 1.83. The van der Waals surface area contributed by atoms with Gasteiger partial charge in [-0.05, 0) is 23.8 Å². The predicted octanol–water partition coefficient (Wildman–Crippen LogP) is 0.648. The zero-order valence-electron chi connectivity index (χ0n) is 10.3. The largest absolute Gasteiger partial charge is 0.451 e. The molecule has 0 saturated carbocycles. The number of oxazole rings is 1. The lowest BCUT2D eigenvalue weighted by Gasteiger charge is -2.06. The summed E-state index contributed by atoms with van der Waals surface area (Å²) in [4.78, 5) is 15.2. The number of anilines is 1. The van der Waals surface area contributed by atoms with E-state index in [9.17, 15) is 13.2 Å². The lowest BCUT2D eigenvalue weighted by molar-refractivity contribution is -0.115. The van der Waals surface area contributed by atoms with E-state index in [1.807, 2.05) is 0 Å². The van der Waals surface area contributed by atoms with Crippen molar-refractivity contribution < 1.29 is 17.6 Å².